The van der Waals surface area contributed by atoms with Crippen molar-refractivity contribution in [2.75, 3.05) is 6.61 Å². The molecule has 0 bridgehead atoms. The van der Waals surface area contributed by atoms with Crippen LogP contribution in [0, 0.1) is 21.4 Å². The molecule has 18 heavy (non-hydrogen) atoms. The monoisotopic (exact) mass is 248 g/mol. The number of carbonyl (C=O) groups is 1. The zero-order chi connectivity index (χ0) is 13.5. The molecular formula is C12H12N2O4. The van der Waals surface area contributed by atoms with E-state index in [0.29, 0.717) is 12.0 Å². The smallest absolute Gasteiger partial charge is 0.345 e. The van der Waals surface area contributed by atoms with Crippen molar-refractivity contribution in [2.24, 2.45) is 0 Å². The fraction of sp³-hybridized carbons (Fsp3) is 0.333. The van der Waals surface area contributed by atoms with Crippen molar-refractivity contribution in [2.45, 2.75) is 19.8 Å². The predicted molar refractivity (Wildman–Crippen MR) is 63.0 cm³/mol. The average molecular weight is 248 g/mol. The van der Waals surface area contributed by atoms with Crippen LogP contribution in [-0.2, 0) is 11.2 Å². The van der Waals surface area contributed by atoms with Gasteiger partial charge in [0, 0.05) is 12.5 Å². The predicted octanol–water partition coefficient (Wildman–Crippen LogP) is 2.23. The van der Waals surface area contributed by atoms with Crippen LogP contribution in [0.1, 0.15) is 29.3 Å². The Labute approximate surface area is 104 Å². The zero-order valence-corrected chi connectivity index (χ0v) is 9.88. The van der Waals surface area contributed by atoms with Gasteiger partial charge in [-0.2, -0.15) is 5.26 Å². The van der Waals surface area contributed by atoms with Gasteiger partial charge >= 0.3 is 5.97 Å². The highest BCUT2D eigenvalue weighted by molar-refractivity contribution is 5.94. The number of carbonyl (C=O) groups excluding carboxylic acids is 1. The number of ether oxygens (including phenoxy) is 1. The third-order valence-electron chi connectivity index (χ3n) is 2.28. The number of esters is 1. The summed E-state index contributed by atoms with van der Waals surface area (Å²) >= 11 is 0. The molecule has 0 aliphatic carbocycles. The van der Waals surface area contributed by atoms with Crippen molar-refractivity contribution < 1.29 is 14.5 Å². The summed E-state index contributed by atoms with van der Waals surface area (Å²) in [4.78, 5) is 21.8. The Morgan fingerprint density at radius 1 is 1.56 bits per heavy atom. The second-order valence-corrected chi connectivity index (χ2v) is 3.49. The van der Waals surface area contributed by atoms with Crippen LogP contribution in [0.4, 0.5) is 5.69 Å². The van der Waals surface area contributed by atoms with Crippen molar-refractivity contribution in [3.8, 4) is 6.07 Å². The Hall–Kier alpha value is -2.42. The summed E-state index contributed by atoms with van der Waals surface area (Å²) in [6.45, 7) is 1.79. The number of nitriles is 1. The van der Waals surface area contributed by atoms with E-state index in [1.807, 2.05) is 6.07 Å². The maximum atomic E-state index is 11.5. The van der Waals surface area contributed by atoms with E-state index in [0.717, 1.165) is 0 Å². The Kier molecular flexibility index (Phi) is 4.81. The molecule has 6 nitrogen and oxygen atoms in total. The molecule has 0 spiro atoms. The normalized spacial score (nSPS) is 9.56. The van der Waals surface area contributed by atoms with Crippen LogP contribution in [0.2, 0.25) is 0 Å². The summed E-state index contributed by atoms with van der Waals surface area (Å²) in [6, 6.07) is 6.23. The van der Waals surface area contributed by atoms with Gasteiger partial charge in [0.1, 0.15) is 5.56 Å². The van der Waals surface area contributed by atoms with E-state index in [1.165, 1.54) is 12.1 Å². The number of nitro groups is 1. The molecule has 1 aromatic rings. The molecule has 0 aromatic heterocycles. The third-order valence-corrected chi connectivity index (χ3v) is 2.28. The lowest BCUT2D eigenvalue weighted by atomic mass is 10.1. The maximum absolute atomic E-state index is 11.5. The van der Waals surface area contributed by atoms with Crippen LogP contribution in [0.25, 0.3) is 0 Å². The standard InChI is InChI=1S/C12H12N2O4/c1-2-18-12(15)10-6-5-9(4-3-7-13)8-11(10)14(16)17/h5-6,8H,2-4H2,1H3. The fourth-order valence-electron chi connectivity index (χ4n) is 1.47. The number of benzene rings is 1. The zero-order valence-electron chi connectivity index (χ0n) is 9.88. The molecule has 0 saturated carbocycles. The van der Waals surface area contributed by atoms with E-state index in [9.17, 15) is 14.9 Å². The highest BCUT2D eigenvalue weighted by Crippen LogP contribution is 2.22. The van der Waals surface area contributed by atoms with Crippen LogP contribution in [0.5, 0.6) is 0 Å². The van der Waals surface area contributed by atoms with Crippen molar-refractivity contribution in [1.82, 2.24) is 0 Å². The number of aryl methyl sites for hydroxylation is 1. The lowest BCUT2D eigenvalue weighted by molar-refractivity contribution is -0.385. The summed E-state index contributed by atoms with van der Waals surface area (Å²) in [7, 11) is 0. The molecule has 94 valence electrons. The molecule has 1 rings (SSSR count). The summed E-state index contributed by atoms with van der Waals surface area (Å²) in [6.07, 6.45) is 0.691. The second kappa shape index (κ2) is 6.35. The molecule has 0 fully saturated rings. The Bertz CT molecular complexity index is 505. The SMILES string of the molecule is CCOC(=O)c1ccc(CCC#N)cc1[N+](=O)[O-]. The molecule has 0 atom stereocenters. The summed E-state index contributed by atoms with van der Waals surface area (Å²) in [5, 5.41) is 19.4. The van der Waals surface area contributed by atoms with Gasteiger partial charge in [-0.05, 0) is 25.0 Å². The quantitative estimate of drug-likeness (QED) is 0.452. The Morgan fingerprint density at radius 3 is 2.83 bits per heavy atom. The molecule has 0 radical (unpaired) electrons. The summed E-state index contributed by atoms with van der Waals surface area (Å²) in [5.74, 6) is -0.712. The Balaban J connectivity index is 3.09. The van der Waals surface area contributed by atoms with E-state index in [1.54, 1.807) is 13.0 Å². The minimum absolute atomic E-state index is 0.0671. The number of nitro benzene ring substituents is 1. The molecule has 0 unspecified atom stereocenters. The average Bonchev–Trinajstić information content (AvgIpc) is 2.36. The molecule has 0 amide bonds. The molecule has 6 heteroatoms. The van der Waals surface area contributed by atoms with Gasteiger partial charge in [0.05, 0.1) is 17.6 Å². The first kappa shape index (κ1) is 13.6. The van der Waals surface area contributed by atoms with Crippen LogP contribution in [0.3, 0.4) is 0 Å². The molecular weight excluding hydrogens is 236 g/mol. The first-order valence-electron chi connectivity index (χ1n) is 5.41. The lowest BCUT2D eigenvalue weighted by Gasteiger charge is -2.04. The largest absolute Gasteiger partial charge is 0.462 e. The van der Waals surface area contributed by atoms with Gasteiger partial charge in [-0.1, -0.05) is 6.07 Å². The van der Waals surface area contributed by atoms with Gasteiger partial charge < -0.3 is 4.74 Å². The van der Waals surface area contributed by atoms with Gasteiger partial charge in [-0.15, -0.1) is 0 Å². The minimum atomic E-state index is -0.712. The molecule has 0 aliphatic rings. The van der Waals surface area contributed by atoms with Gasteiger partial charge in [-0.25, -0.2) is 4.79 Å². The molecule has 1 aromatic carbocycles. The topological polar surface area (TPSA) is 93.2 Å². The lowest BCUT2D eigenvalue weighted by Crippen LogP contribution is -2.08. The fourth-order valence-corrected chi connectivity index (χ4v) is 1.47. The van der Waals surface area contributed by atoms with Crippen molar-refractivity contribution in [1.29, 1.82) is 5.26 Å². The first-order chi connectivity index (χ1) is 8.60. The number of nitrogens with zero attached hydrogens (tertiary/aromatic N) is 2. The maximum Gasteiger partial charge on any atom is 0.345 e. The third kappa shape index (κ3) is 3.28. The van der Waals surface area contributed by atoms with Crippen LogP contribution in [-0.4, -0.2) is 17.5 Å². The van der Waals surface area contributed by atoms with Crippen LogP contribution < -0.4 is 0 Å². The minimum Gasteiger partial charge on any atom is -0.462 e. The van der Waals surface area contributed by atoms with Gasteiger partial charge in [0.2, 0.25) is 0 Å². The van der Waals surface area contributed by atoms with Crippen LogP contribution >= 0.6 is 0 Å². The Morgan fingerprint density at radius 2 is 2.28 bits per heavy atom. The number of rotatable bonds is 5. The summed E-state index contributed by atoms with van der Waals surface area (Å²) in [5.41, 5.74) is 0.294. The van der Waals surface area contributed by atoms with Gasteiger partial charge in [-0.3, -0.25) is 10.1 Å². The van der Waals surface area contributed by atoms with Crippen molar-refractivity contribution in [3.63, 3.8) is 0 Å². The highest BCUT2D eigenvalue weighted by Gasteiger charge is 2.21. The van der Waals surface area contributed by atoms with E-state index >= 15 is 0 Å². The van der Waals surface area contributed by atoms with E-state index in [2.05, 4.69) is 0 Å². The van der Waals surface area contributed by atoms with Gasteiger partial charge in [0.15, 0.2) is 0 Å². The van der Waals surface area contributed by atoms with Crippen LogP contribution in [0.15, 0.2) is 18.2 Å². The highest BCUT2D eigenvalue weighted by atomic mass is 16.6. The molecule has 0 N–H and O–H groups in total. The van der Waals surface area contributed by atoms with Crippen molar-refractivity contribution in [3.05, 3.63) is 39.4 Å². The summed E-state index contributed by atoms with van der Waals surface area (Å²) < 4.78 is 4.74. The van der Waals surface area contributed by atoms with E-state index in [-0.39, 0.29) is 24.3 Å². The van der Waals surface area contributed by atoms with E-state index in [4.69, 9.17) is 10.00 Å². The molecule has 0 aliphatic heterocycles. The number of hydrogen-bond acceptors (Lipinski definition) is 5. The molecule has 0 saturated heterocycles. The number of hydrogen-bond donors (Lipinski definition) is 0. The van der Waals surface area contributed by atoms with E-state index < -0.39 is 10.9 Å². The van der Waals surface area contributed by atoms with Crippen molar-refractivity contribution >= 4 is 11.7 Å². The first-order valence-corrected chi connectivity index (χ1v) is 5.41. The molecule has 0 heterocycles. The van der Waals surface area contributed by atoms with Gasteiger partial charge in [0.25, 0.3) is 5.69 Å². The second-order valence-electron chi connectivity index (χ2n) is 3.49.